The van der Waals surface area contributed by atoms with Crippen molar-refractivity contribution in [2.45, 2.75) is 18.9 Å². The highest BCUT2D eigenvalue weighted by Gasteiger charge is 2.23. The third kappa shape index (κ3) is 3.60. The van der Waals surface area contributed by atoms with Crippen LogP contribution in [0.2, 0.25) is 0 Å². The first kappa shape index (κ1) is 15.7. The number of carbonyl (C=O) groups is 2. The molecule has 1 aromatic heterocycles. The summed E-state index contributed by atoms with van der Waals surface area (Å²) in [7, 11) is 0. The number of nitrogens with zero attached hydrogens (tertiary/aromatic N) is 1. The topological polar surface area (TPSA) is 75.4 Å². The number of carbonyl (C=O) groups excluding carboxylic acids is 2. The summed E-state index contributed by atoms with van der Waals surface area (Å²) in [5, 5.41) is 6.47. The molecular weight excluding hydrogens is 310 g/mol. The predicted octanol–water partition coefficient (Wildman–Crippen LogP) is 2.56. The summed E-state index contributed by atoms with van der Waals surface area (Å²) in [4.78, 5) is 26.8. The molecule has 0 unspecified atom stereocenters. The van der Waals surface area contributed by atoms with Crippen LogP contribution in [0.15, 0.2) is 41.1 Å². The first-order valence-corrected chi connectivity index (χ1v) is 8.57. The van der Waals surface area contributed by atoms with Crippen LogP contribution in [0, 0.1) is 0 Å². The standard InChI is InChI=1S/C17H19N3O2S/c18-13-5-8-20(9-6-13)17(22)14-3-1-2-4-15(14)19-16(21)12-7-10-23-11-12/h1-4,7,10-11,13H,5-6,8-9,18H2,(H,19,21). The van der Waals surface area contributed by atoms with Gasteiger partial charge in [-0.2, -0.15) is 11.3 Å². The van der Waals surface area contributed by atoms with Crippen LogP contribution in [-0.2, 0) is 0 Å². The number of hydrogen-bond acceptors (Lipinski definition) is 4. The average Bonchev–Trinajstić information content (AvgIpc) is 3.10. The Hall–Kier alpha value is -2.18. The molecule has 1 aliphatic heterocycles. The molecule has 1 fully saturated rings. The highest BCUT2D eigenvalue weighted by atomic mass is 32.1. The van der Waals surface area contributed by atoms with E-state index in [9.17, 15) is 9.59 Å². The molecule has 1 aliphatic rings. The molecule has 0 bridgehead atoms. The van der Waals surface area contributed by atoms with Crippen LogP contribution in [0.4, 0.5) is 5.69 Å². The van der Waals surface area contributed by atoms with Crippen molar-refractivity contribution in [3.63, 3.8) is 0 Å². The van der Waals surface area contributed by atoms with Crippen LogP contribution in [-0.4, -0.2) is 35.8 Å². The number of piperidine rings is 1. The van der Waals surface area contributed by atoms with Gasteiger partial charge in [-0.1, -0.05) is 12.1 Å². The van der Waals surface area contributed by atoms with E-state index in [0.29, 0.717) is 29.9 Å². The number of para-hydroxylation sites is 1. The SMILES string of the molecule is NC1CCN(C(=O)c2ccccc2NC(=O)c2ccsc2)CC1. The number of nitrogens with one attached hydrogen (secondary N) is 1. The quantitative estimate of drug-likeness (QED) is 0.909. The number of nitrogens with two attached hydrogens (primary N) is 1. The van der Waals surface area contributed by atoms with Crippen molar-refractivity contribution in [2.75, 3.05) is 18.4 Å². The molecule has 3 N–H and O–H groups in total. The molecule has 23 heavy (non-hydrogen) atoms. The second kappa shape index (κ2) is 6.93. The van der Waals surface area contributed by atoms with Crippen molar-refractivity contribution in [1.82, 2.24) is 4.90 Å². The van der Waals surface area contributed by atoms with Gasteiger partial charge in [0.25, 0.3) is 11.8 Å². The number of hydrogen-bond donors (Lipinski definition) is 2. The molecule has 2 aromatic rings. The van der Waals surface area contributed by atoms with Crippen LogP contribution < -0.4 is 11.1 Å². The fraction of sp³-hybridized carbons (Fsp3) is 0.294. The average molecular weight is 329 g/mol. The lowest BCUT2D eigenvalue weighted by molar-refractivity contribution is 0.0716. The van der Waals surface area contributed by atoms with Crippen LogP contribution in [0.1, 0.15) is 33.6 Å². The van der Waals surface area contributed by atoms with Crippen molar-refractivity contribution in [2.24, 2.45) is 5.73 Å². The van der Waals surface area contributed by atoms with Gasteiger partial charge in [0.2, 0.25) is 0 Å². The smallest absolute Gasteiger partial charge is 0.256 e. The molecule has 0 aliphatic carbocycles. The summed E-state index contributed by atoms with van der Waals surface area (Å²) in [5.41, 5.74) is 7.56. The van der Waals surface area contributed by atoms with E-state index in [1.165, 1.54) is 11.3 Å². The number of likely N-dealkylation sites (tertiary alicyclic amines) is 1. The maximum absolute atomic E-state index is 12.7. The summed E-state index contributed by atoms with van der Waals surface area (Å²) in [6.07, 6.45) is 1.63. The molecule has 2 heterocycles. The molecule has 5 nitrogen and oxygen atoms in total. The number of amides is 2. The van der Waals surface area contributed by atoms with E-state index in [1.807, 2.05) is 17.5 Å². The summed E-state index contributed by atoms with van der Waals surface area (Å²) < 4.78 is 0. The van der Waals surface area contributed by atoms with E-state index < -0.39 is 0 Å². The largest absolute Gasteiger partial charge is 0.338 e. The van der Waals surface area contributed by atoms with Crippen molar-refractivity contribution >= 4 is 28.8 Å². The van der Waals surface area contributed by atoms with E-state index in [4.69, 9.17) is 5.73 Å². The van der Waals surface area contributed by atoms with Crippen molar-refractivity contribution in [3.8, 4) is 0 Å². The van der Waals surface area contributed by atoms with E-state index >= 15 is 0 Å². The molecular formula is C17H19N3O2S. The Kier molecular flexibility index (Phi) is 4.73. The molecule has 1 aromatic carbocycles. The van der Waals surface area contributed by atoms with Gasteiger partial charge in [0.05, 0.1) is 16.8 Å². The predicted molar refractivity (Wildman–Crippen MR) is 91.8 cm³/mol. The molecule has 1 saturated heterocycles. The number of thiophene rings is 1. The van der Waals surface area contributed by atoms with Crippen LogP contribution in [0.3, 0.4) is 0 Å². The Labute approximate surface area is 139 Å². The second-order valence-corrected chi connectivity index (χ2v) is 6.42. The van der Waals surface area contributed by atoms with Crippen molar-refractivity contribution in [1.29, 1.82) is 0 Å². The molecule has 0 saturated carbocycles. The molecule has 120 valence electrons. The Bertz CT molecular complexity index is 692. The van der Waals surface area contributed by atoms with Gasteiger partial charge in [0, 0.05) is 24.5 Å². The highest BCUT2D eigenvalue weighted by molar-refractivity contribution is 7.08. The lowest BCUT2D eigenvalue weighted by Crippen LogP contribution is -2.43. The Balaban J connectivity index is 1.77. The van der Waals surface area contributed by atoms with Gasteiger partial charge in [-0.25, -0.2) is 0 Å². The van der Waals surface area contributed by atoms with Gasteiger partial charge >= 0.3 is 0 Å². The van der Waals surface area contributed by atoms with E-state index in [-0.39, 0.29) is 17.9 Å². The summed E-state index contributed by atoms with van der Waals surface area (Å²) in [6, 6.07) is 9.06. The monoisotopic (exact) mass is 329 g/mol. The van der Waals surface area contributed by atoms with Crippen LogP contribution >= 0.6 is 11.3 Å². The summed E-state index contributed by atoms with van der Waals surface area (Å²) in [6.45, 7) is 1.32. The van der Waals surface area contributed by atoms with Crippen molar-refractivity contribution < 1.29 is 9.59 Å². The minimum absolute atomic E-state index is 0.0573. The zero-order valence-electron chi connectivity index (χ0n) is 12.7. The molecule has 0 atom stereocenters. The number of rotatable bonds is 3. The third-order valence-electron chi connectivity index (χ3n) is 4.02. The summed E-state index contributed by atoms with van der Waals surface area (Å²) >= 11 is 1.46. The normalized spacial score (nSPS) is 15.4. The first-order valence-electron chi connectivity index (χ1n) is 7.62. The Morgan fingerprint density at radius 2 is 1.91 bits per heavy atom. The minimum Gasteiger partial charge on any atom is -0.338 e. The molecule has 2 amide bonds. The lowest BCUT2D eigenvalue weighted by atomic mass is 10.0. The molecule has 6 heteroatoms. The Morgan fingerprint density at radius 1 is 1.17 bits per heavy atom. The fourth-order valence-corrected chi connectivity index (χ4v) is 3.28. The fourth-order valence-electron chi connectivity index (χ4n) is 2.64. The maximum Gasteiger partial charge on any atom is 0.256 e. The molecule has 0 spiro atoms. The van der Waals surface area contributed by atoms with Gasteiger partial charge in [-0.3, -0.25) is 9.59 Å². The van der Waals surface area contributed by atoms with Gasteiger partial charge < -0.3 is 16.0 Å². The van der Waals surface area contributed by atoms with Crippen molar-refractivity contribution in [3.05, 3.63) is 52.2 Å². The van der Waals surface area contributed by atoms with Gasteiger partial charge in [-0.15, -0.1) is 0 Å². The first-order chi connectivity index (χ1) is 11.1. The van der Waals surface area contributed by atoms with Crippen LogP contribution in [0.25, 0.3) is 0 Å². The third-order valence-corrected chi connectivity index (χ3v) is 4.70. The molecule has 0 radical (unpaired) electrons. The molecule has 3 rings (SSSR count). The van der Waals surface area contributed by atoms with Gasteiger partial charge in [0.15, 0.2) is 0 Å². The highest BCUT2D eigenvalue weighted by Crippen LogP contribution is 2.21. The van der Waals surface area contributed by atoms with Gasteiger partial charge in [0.1, 0.15) is 0 Å². The summed E-state index contributed by atoms with van der Waals surface area (Å²) in [5.74, 6) is -0.259. The number of anilines is 1. The van der Waals surface area contributed by atoms with E-state index in [1.54, 1.807) is 28.5 Å². The van der Waals surface area contributed by atoms with Crippen LogP contribution in [0.5, 0.6) is 0 Å². The minimum atomic E-state index is -0.202. The number of benzene rings is 1. The van der Waals surface area contributed by atoms with Gasteiger partial charge in [-0.05, 0) is 36.4 Å². The zero-order valence-corrected chi connectivity index (χ0v) is 13.5. The second-order valence-electron chi connectivity index (χ2n) is 5.64. The maximum atomic E-state index is 12.7. The van der Waals surface area contributed by atoms with E-state index in [2.05, 4.69) is 5.32 Å². The van der Waals surface area contributed by atoms with E-state index in [0.717, 1.165) is 12.8 Å². The zero-order chi connectivity index (χ0) is 16.2. The lowest BCUT2D eigenvalue weighted by Gasteiger charge is -2.30. The Morgan fingerprint density at radius 3 is 2.61 bits per heavy atom.